The van der Waals surface area contributed by atoms with Crippen molar-refractivity contribution in [3.8, 4) is 5.82 Å². The molecule has 0 atom stereocenters. The van der Waals surface area contributed by atoms with Gasteiger partial charge in [0.15, 0.2) is 5.82 Å². The summed E-state index contributed by atoms with van der Waals surface area (Å²) >= 11 is 0. The lowest BCUT2D eigenvalue weighted by molar-refractivity contribution is 0.0943. The summed E-state index contributed by atoms with van der Waals surface area (Å²) in [5, 5.41) is 13.2. The van der Waals surface area contributed by atoms with Crippen molar-refractivity contribution in [3.63, 3.8) is 0 Å². The Morgan fingerprint density at radius 1 is 1.45 bits per heavy atom. The molecule has 0 saturated carbocycles. The van der Waals surface area contributed by atoms with Gasteiger partial charge in [-0.15, -0.1) is 0 Å². The summed E-state index contributed by atoms with van der Waals surface area (Å²) in [5.41, 5.74) is 0.840. The first-order valence-electron chi connectivity index (χ1n) is 7.10. The Bertz CT molecular complexity index is 672. The van der Waals surface area contributed by atoms with E-state index in [0.717, 1.165) is 6.42 Å². The van der Waals surface area contributed by atoms with E-state index < -0.39 is 0 Å². The van der Waals surface area contributed by atoms with E-state index in [1.807, 2.05) is 6.92 Å². The lowest BCUT2D eigenvalue weighted by atomic mass is 10.2. The van der Waals surface area contributed by atoms with E-state index in [9.17, 15) is 9.59 Å². The molecule has 0 saturated heterocycles. The summed E-state index contributed by atoms with van der Waals surface area (Å²) in [6.45, 7) is 5.54. The minimum Gasteiger partial charge on any atom is -0.382 e. The number of amides is 1. The molecule has 0 fully saturated rings. The van der Waals surface area contributed by atoms with E-state index >= 15 is 0 Å². The summed E-state index contributed by atoms with van der Waals surface area (Å²) in [5.74, 6) is 0.261. The Labute approximate surface area is 127 Å². The molecule has 8 nitrogen and oxygen atoms in total. The molecule has 2 aromatic heterocycles. The maximum atomic E-state index is 12.1. The monoisotopic (exact) mass is 305 g/mol. The van der Waals surface area contributed by atoms with Crippen molar-refractivity contribution in [1.82, 2.24) is 25.3 Å². The number of rotatable bonds is 7. The lowest BCUT2D eigenvalue weighted by Crippen LogP contribution is -2.25. The first-order valence-corrected chi connectivity index (χ1v) is 7.10. The van der Waals surface area contributed by atoms with Gasteiger partial charge in [-0.1, -0.05) is 0 Å². The zero-order valence-corrected chi connectivity index (χ0v) is 12.6. The molecule has 0 aliphatic heterocycles. The minimum absolute atomic E-state index is 0.190. The second-order valence-electron chi connectivity index (χ2n) is 4.64. The minimum atomic E-state index is -0.291. The van der Waals surface area contributed by atoms with Crippen LogP contribution < -0.4 is 10.9 Å². The Hall–Kier alpha value is -2.48. The van der Waals surface area contributed by atoms with Gasteiger partial charge in [-0.2, -0.15) is 10.2 Å². The van der Waals surface area contributed by atoms with Crippen molar-refractivity contribution >= 4 is 5.91 Å². The van der Waals surface area contributed by atoms with Crippen LogP contribution in [0.1, 0.15) is 29.4 Å². The fourth-order valence-electron chi connectivity index (χ4n) is 1.93. The van der Waals surface area contributed by atoms with Gasteiger partial charge in [-0.3, -0.25) is 9.59 Å². The van der Waals surface area contributed by atoms with Crippen LogP contribution in [-0.2, 0) is 4.74 Å². The third kappa shape index (κ3) is 3.79. The second kappa shape index (κ2) is 7.51. The molecule has 0 radical (unpaired) electrons. The molecule has 22 heavy (non-hydrogen) atoms. The van der Waals surface area contributed by atoms with Gasteiger partial charge < -0.3 is 10.1 Å². The van der Waals surface area contributed by atoms with Gasteiger partial charge in [0.2, 0.25) is 0 Å². The molecule has 1 amide bonds. The Kier molecular flexibility index (Phi) is 5.42. The molecular weight excluding hydrogens is 286 g/mol. The van der Waals surface area contributed by atoms with Crippen LogP contribution in [0.5, 0.6) is 0 Å². The number of H-pyrrole nitrogens is 1. The van der Waals surface area contributed by atoms with Crippen LogP contribution in [-0.4, -0.2) is 45.6 Å². The fraction of sp³-hybridized carbons (Fsp3) is 0.429. The number of ether oxygens (including phenoxy) is 1. The van der Waals surface area contributed by atoms with E-state index in [2.05, 4.69) is 20.6 Å². The summed E-state index contributed by atoms with van der Waals surface area (Å²) < 4.78 is 6.72. The highest BCUT2D eigenvalue weighted by molar-refractivity contribution is 5.95. The average molecular weight is 305 g/mol. The smallest absolute Gasteiger partial charge is 0.264 e. The first kappa shape index (κ1) is 15.9. The van der Waals surface area contributed by atoms with Gasteiger partial charge in [0, 0.05) is 25.8 Å². The highest BCUT2D eigenvalue weighted by atomic mass is 16.5. The third-order valence-electron chi connectivity index (χ3n) is 3.09. The number of aromatic amines is 1. The molecule has 8 heteroatoms. The number of hydrogen-bond donors (Lipinski definition) is 2. The average Bonchev–Trinajstić information content (AvgIpc) is 2.89. The molecule has 2 rings (SSSR count). The molecule has 0 unspecified atom stereocenters. The second-order valence-corrected chi connectivity index (χ2v) is 4.64. The first-order chi connectivity index (χ1) is 10.6. The molecule has 2 N–H and O–H groups in total. The number of carbonyl (C=O) groups excluding carboxylic acids is 1. The predicted octanol–water partition coefficient (Wildman–Crippen LogP) is 0.420. The van der Waals surface area contributed by atoms with Crippen molar-refractivity contribution in [2.24, 2.45) is 0 Å². The molecule has 2 heterocycles. The van der Waals surface area contributed by atoms with Crippen molar-refractivity contribution < 1.29 is 9.53 Å². The van der Waals surface area contributed by atoms with E-state index in [1.54, 1.807) is 13.0 Å². The number of aromatic nitrogens is 4. The molecule has 118 valence electrons. The van der Waals surface area contributed by atoms with Crippen molar-refractivity contribution in [2.45, 2.75) is 20.3 Å². The zero-order chi connectivity index (χ0) is 15.9. The highest BCUT2D eigenvalue weighted by Crippen LogP contribution is 2.11. The van der Waals surface area contributed by atoms with Crippen LogP contribution in [0.15, 0.2) is 23.1 Å². The van der Waals surface area contributed by atoms with Crippen molar-refractivity contribution in [3.05, 3.63) is 39.9 Å². The Morgan fingerprint density at radius 3 is 2.95 bits per heavy atom. The van der Waals surface area contributed by atoms with E-state index in [0.29, 0.717) is 36.8 Å². The predicted molar refractivity (Wildman–Crippen MR) is 80.2 cm³/mol. The standard InChI is InChI=1S/C14H19N5O3/c1-3-22-8-4-7-15-14(21)11-9-16-19(10(11)2)12-5-6-13(20)18-17-12/h5-6,9H,3-4,7-8H2,1-2H3,(H,15,21)(H,18,20). The van der Waals surface area contributed by atoms with Gasteiger partial charge in [0.25, 0.3) is 11.5 Å². The largest absolute Gasteiger partial charge is 0.382 e. The lowest BCUT2D eigenvalue weighted by Gasteiger charge is -2.06. The van der Waals surface area contributed by atoms with Gasteiger partial charge in [0.1, 0.15) is 0 Å². The summed E-state index contributed by atoms with van der Waals surface area (Å²) in [4.78, 5) is 23.1. The molecule has 0 aliphatic rings. The van der Waals surface area contributed by atoms with Gasteiger partial charge in [-0.25, -0.2) is 9.78 Å². The topological polar surface area (TPSA) is 102 Å². The van der Waals surface area contributed by atoms with Crippen LogP contribution in [0.4, 0.5) is 0 Å². The quantitative estimate of drug-likeness (QED) is 0.722. The van der Waals surface area contributed by atoms with E-state index in [1.165, 1.54) is 16.9 Å². The molecule has 0 aliphatic carbocycles. The summed E-state index contributed by atoms with van der Waals surface area (Å²) in [6, 6.07) is 2.90. The number of carbonyl (C=O) groups is 1. The number of nitrogens with zero attached hydrogens (tertiary/aromatic N) is 3. The summed E-state index contributed by atoms with van der Waals surface area (Å²) in [6.07, 6.45) is 2.24. The number of nitrogens with one attached hydrogen (secondary N) is 2. The molecule has 0 bridgehead atoms. The summed E-state index contributed by atoms with van der Waals surface area (Å²) in [7, 11) is 0. The van der Waals surface area contributed by atoms with Crippen molar-refractivity contribution in [1.29, 1.82) is 0 Å². The molecule has 2 aromatic rings. The highest BCUT2D eigenvalue weighted by Gasteiger charge is 2.15. The number of hydrogen-bond acceptors (Lipinski definition) is 5. The Morgan fingerprint density at radius 2 is 2.27 bits per heavy atom. The van der Waals surface area contributed by atoms with Gasteiger partial charge in [-0.05, 0) is 26.3 Å². The van der Waals surface area contributed by atoms with E-state index in [4.69, 9.17) is 4.74 Å². The van der Waals surface area contributed by atoms with Crippen LogP contribution in [0.25, 0.3) is 5.82 Å². The Balaban J connectivity index is 2.02. The maximum Gasteiger partial charge on any atom is 0.264 e. The van der Waals surface area contributed by atoms with E-state index in [-0.39, 0.29) is 11.5 Å². The van der Waals surface area contributed by atoms with Crippen LogP contribution in [0, 0.1) is 6.92 Å². The third-order valence-corrected chi connectivity index (χ3v) is 3.09. The van der Waals surface area contributed by atoms with Crippen molar-refractivity contribution in [2.75, 3.05) is 19.8 Å². The fourth-order valence-corrected chi connectivity index (χ4v) is 1.93. The molecule has 0 spiro atoms. The van der Waals surface area contributed by atoms with Crippen LogP contribution in [0.3, 0.4) is 0 Å². The van der Waals surface area contributed by atoms with Gasteiger partial charge >= 0.3 is 0 Å². The normalized spacial score (nSPS) is 10.6. The van der Waals surface area contributed by atoms with Gasteiger partial charge in [0.05, 0.1) is 17.5 Å². The molecule has 0 aromatic carbocycles. The van der Waals surface area contributed by atoms with Crippen LogP contribution >= 0.6 is 0 Å². The SMILES string of the molecule is CCOCCCNC(=O)c1cnn(-c2ccc(=O)[nH]n2)c1C. The molecular formula is C14H19N5O3. The maximum absolute atomic E-state index is 12.1. The zero-order valence-electron chi connectivity index (χ0n) is 12.6. The van der Waals surface area contributed by atoms with Crippen LogP contribution in [0.2, 0.25) is 0 Å².